The van der Waals surface area contributed by atoms with Gasteiger partial charge in [0.15, 0.2) is 0 Å². The standard InChI is InChI=1S/C14H22F2N4O/c1-8-11(9(2)20(19-8)13(15)16)6-12(21)18-14(3,7-17)10-4-5-10/h10,13H,4-7,17H2,1-3H3,(H,18,21). The molecule has 2 rings (SSSR count). The van der Waals surface area contributed by atoms with Gasteiger partial charge in [-0.3, -0.25) is 4.79 Å². The zero-order chi connectivity index (χ0) is 15.8. The smallest absolute Gasteiger partial charge is 0.333 e. The topological polar surface area (TPSA) is 72.9 Å². The van der Waals surface area contributed by atoms with Crippen LogP contribution in [0, 0.1) is 19.8 Å². The van der Waals surface area contributed by atoms with E-state index in [2.05, 4.69) is 10.4 Å². The van der Waals surface area contributed by atoms with E-state index in [4.69, 9.17) is 5.73 Å². The van der Waals surface area contributed by atoms with Crippen LogP contribution in [0.5, 0.6) is 0 Å². The van der Waals surface area contributed by atoms with Crippen LogP contribution in [0.3, 0.4) is 0 Å². The van der Waals surface area contributed by atoms with E-state index in [0.717, 1.165) is 12.8 Å². The zero-order valence-electron chi connectivity index (χ0n) is 12.6. The summed E-state index contributed by atoms with van der Waals surface area (Å²) in [4.78, 5) is 12.2. The van der Waals surface area contributed by atoms with Crippen molar-refractivity contribution in [2.75, 3.05) is 6.54 Å². The molecule has 1 atom stereocenters. The van der Waals surface area contributed by atoms with E-state index in [-0.39, 0.29) is 12.3 Å². The fourth-order valence-corrected chi connectivity index (χ4v) is 2.71. The first kappa shape index (κ1) is 15.9. The molecule has 0 radical (unpaired) electrons. The zero-order valence-corrected chi connectivity index (χ0v) is 12.6. The minimum absolute atomic E-state index is 0.0483. The molecule has 118 valence electrons. The molecule has 0 saturated heterocycles. The summed E-state index contributed by atoms with van der Waals surface area (Å²) in [6.45, 7) is 2.80. The van der Waals surface area contributed by atoms with Crippen molar-refractivity contribution in [3.05, 3.63) is 17.0 Å². The molecule has 0 aromatic carbocycles. The van der Waals surface area contributed by atoms with Crippen molar-refractivity contribution in [3.8, 4) is 0 Å². The van der Waals surface area contributed by atoms with Crippen LogP contribution < -0.4 is 11.1 Å². The van der Waals surface area contributed by atoms with E-state index in [9.17, 15) is 13.6 Å². The van der Waals surface area contributed by atoms with Gasteiger partial charge in [0.05, 0.1) is 17.7 Å². The van der Waals surface area contributed by atoms with E-state index >= 15 is 0 Å². The van der Waals surface area contributed by atoms with Crippen molar-refractivity contribution >= 4 is 5.91 Å². The van der Waals surface area contributed by atoms with Crippen LogP contribution in [-0.2, 0) is 11.2 Å². The molecule has 0 bridgehead atoms. The average Bonchev–Trinajstić information content (AvgIpc) is 3.22. The Morgan fingerprint density at radius 1 is 1.52 bits per heavy atom. The number of aryl methyl sites for hydroxylation is 1. The number of carbonyl (C=O) groups is 1. The fraction of sp³-hybridized carbons (Fsp3) is 0.714. The third kappa shape index (κ3) is 3.23. The van der Waals surface area contributed by atoms with Gasteiger partial charge in [0.2, 0.25) is 5.91 Å². The number of nitrogens with one attached hydrogen (secondary N) is 1. The van der Waals surface area contributed by atoms with Crippen LogP contribution in [0.2, 0.25) is 0 Å². The lowest BCUT2D eigenvalue weighted by Gasteiger charge is -2.29. The highest BCUT2D eigenvalue weighted by Gasteiger charge is 2.41. The van der Waals surface area contributed by atoms with Gasteiger partial charge < -0.3 is 11.1 Å². The van der Waals surface area contributed by atoms with Crippen LogP contribution in [-0.4, -0.2) is 27.8 Å². The highest BCUT2D eigenvalue weighted by molar-refractivity contribution is 5.80. The maximum absolute atomic E-state index is 12.8. The maximum atomic E-state index is 12.8. The maximum Gasteiger partial charge on any atom is 0.333 e. The van der Waals surface area contributed by atoms with Crippen molar-refractivity contribution in [1.82, 2.24) is 15.1 Å². The molecule has 1 aliphatic carbocycles. The first-order chi connectivity index (χ1) is 9.78. The molecule has 5 nitrogen and oxygen atoms in total. The number of carbonyl (C=O) groups excluding carboxylic acids is 1. The second-order valence-corrected chi connectivity index (χ2v) is 5.99. The number of halogens is 2. The van der Waals surface area contributed by atoms with Crippen molar-refractivity contribution in [3.63, 3.8) is 0 Å². The molecular formula is C14H22F2N4O. The lowest BCUT2D eigenvalue weighted by molar-refractivity contribution is -0.122. The van der Waals surface area contributed by atoms with E-state index in [1.54, 1.807) is 13.8 Å². The number of hydrogen-bond acceptors (Lipinski definition) is 3. The second-order valence-electron chi connectivity index (χ2n) is 5.99. The Morgan fingerprint density at radius 2 is 2.14 bits per heavy atom. The molecular weight excluding hydrogens is 278 g/mol. The summed E-state index contributed by atoms with van der Waals surface area (Å²) >= 11 is 0. The van der Waals surface area contributed by atoms with E-state index < -0.39 is 12.1 Å². The number of alkyl halides is 2. The Kier molecular flexibility index (Phi) is 4.32. The number of amides is 1. The summed E-state index contributed by atoms with van der Waals surface area (Å²) < 4.78 is 26.2. The van der Waals surface area contributed by atoms with Crippen LogP contribution in [0.15, 0.2) is 0 Å². The van der Waals surface area contributed by atoms with Crippen molar-refractivity contribution in [2.24, 2.45) is 11.7 Å². The quantitative estimate of drug-likeness (QED) is 0.839. The molecule has 1 heterocycles. The van der Waals surface area contributed by atoms with Gasteiger partial charge >= 0.3 is 6.55 Å². The normalized spacial score (nSPS) is 17.9. The average molecular weight is 300 g/mol. The summed E-state index contributed by atoms with van der Waals surface area (Å²) in [7, 11) is 0. The largest absolute Gasteiger partial charge is 0.349 e. The molecule has 21 heavy (non-hydrogen) atoms. The Labute approximate surface area is 122 Å². The van der Waals surface area contributed by atoms with Gasteiger partial charge in [-0.05, 0) is 39.5 Å². The van der Waals surface area contributed by atoms with Gasteiger partial charge in [-0.15, -0.1) is 0 Å². The molecule has 1 amide bonds. The van der Waals surface area contributed by atoms with E-state index in [0.29, 0.717) is 34.1 Å². The summed E-state index contributed by atoms with van der Waals surface area (Å²) in [5.74, 6) is 0.215. The number of rotatable bonds is 6. The van der Waals surface area contributed by atoms with Crippen molar-refractivity contribution in [2.45, 2.75) is 52.1 Å². The van der Waals surface area contributed by atoms with Crippen molar-refractivity contribution in [1.29, 1.82) is 0 Å². The Hall–Kier alpha value is -1.50. The molecule has 1 aliphatic rings. The molecule has 7 heteroatoms. The highest BCUT2D eigenvalue weighted by atomic mass is 19.3. The molecule has 3 N–H and O–H groups in total. The molecule has 1 aromatic heterocycles. The van der Waals surface area contributed by atoms with Gasteiger partial charge in [-0.2, -0.15) is 13.9 Å². The summed E-state index contributed by atoms with van der Waals surface area (Å²) in [5, 5.41) is 6.75. The lowest BCUT2D eigenvalue weighted by Crippen LogP contribution is -2.53. The van der Waals surface area contributed by atoms with Gasteiger partial charge in [0, 0.05) is 17.8 Å². The summed E-state index contributed by atoms with van der Waals surface area (Å²) in [6.07, 6.45) is 2.18. The first-order valence-corrected chi connectivity index (χ1v) is 7.12. The van der Waals surface area contributed by atoms with Crippen LogP contribution >= 0.6 is 0 Å². The molecule has 0 aliphatic heterocycles. The number of hydrogen-bond donors (Lipinski definition) is 2. The predicted molar refractivity (Wildman–Crippen MR) is 75.0 cm³/mol. The minimum atomic E-state index is -2.69. The second kappa shape index (κ2) is 5.71. The van der Waals surface area contributed by atoms with Crippen molar-refractivity contribution < 1.29 is 13.6 Å². The molecule has 1 fully saturated rings. The Balaban J connectivity index is 2.09. The monoisotopic (exact) mass is 300 g/mol. The van der Waals surface area contributed by atoms with Gasteiger partial charge in [-0.1, -0.05) is 0 Å². The van der Waals surface area contributed by atoms with E-state index in [1.165, 1.54) is 0 Å². The number of nitrogens with two attached hydrogens (primary N) is 1. The third-order valence-electron chi connectivity index (χ3n) is 4.32. The SMILES string of the molecule is Cc1nn(C(F)F)c(C)c1CC(=O)NC(C)(CN)C1CC1. The molecule has 0 spiro atoms. The van der Waals surface area contributed by atoms with Crippen LogP contribution in [0.1, 0.15) is 43.3 Å². The Morgan fingerprint density at radius 3 is 2.57 bits per heavy atom. The minimum Gasteiger partial charge on any atom is -0.349 e. The van der Waals surface area contributed by atoms with Gasteiger partial charge in [-0.25, -0.2) is 4.68 Å². The predicted octanol–water partition coefficient (Wildman–Crippen LogP) is 1.68. The highest BCUT2D eigenvalue weighted by Crippen LogP contribution is 2.39. The number of nitrogens with zero attached hydrogens (tertiary/aromatic N) is 2. The number of aromatic nitrogens is 2. The molecule has 1 saturated carbocycles. The molecule has 1 unspecified atom stereocenters. The van der Waals surface area contributed by atoms with Gasteiger partial charge in [0.25, 0.3) is 0 Å². The van der Waals surface area contributed by atoms with Gasteiger partial charge in [0.1, 0.15) is 0 Å². The summed E-state index contributed by atoms with van der Waals surface area (Å²) in [6, 6.07) is 0. The van der Waals surface area contributed by atoms with Crippen LogP contribution in [0.25, 0.3) is 0 Å². The van der Waals surface area contributed by atoms with Crippen LogP contribution in [0.4, 0.5) is 8.78 Å². The van der Waals surface area contributed by atoms with E-state index in [1.807, 2.05) is 6.92 Å². The summed E-state index contributed by atoms with van der Waals surface area (Å²) in [5.41, 5.74) is 6.71. The Bertz CT molecular complexity index is 539. The lowest BCUT2D eigenvalue weighted by atomic mass is 9.95. The third-order valence-corrected chi connectivity index (χ3v) is 4.32. The fourth-order valence-electron chi connectivity index (χ4n) is 2.71. The molecule has 1 aromatic rings. The first-order valence-electron chi connectivity index (χ1n) is 7.12.